The molecule has 0 radical (unpaired) electrons. The Labute approximate surface area is 121 Å². The van der Waals surface area contributed by atoms with Gasteiger partial charge in [-0.2, -0.15) is 8.42 Å². The Balaban J connectivity index is 2.69. The van der Waals surface area contributed by atoms with Gasteiger partial charge in [-0.1, -0.05) is 12.1 Å². The molecule has 1 aromatic carbocycles. The van der Waals surface area contributed by atoms with Gasteiger partial charge in [0.15, 0.2) is 0 Å². The number of nitrogens with one attached hydrogen (secondary N) is 1. The molecule has 0 amide bonds. The van der Waals surface area contributed by atoms with Gasteiger partial charge in [0.25, 0.3) is 0 Å². The number of carbonyl (C=O) groups is 1. The molecule has 0 heterocycles. The number of sulfonamides is 1. The number of carboxylic acid groups (broad SMARTS) is 1. The number of nitrogens with two attached hydrogens (primary N) is 1. The molecule has 0 bridgehead atoms. The highest BCUT2D eigenvalue weighted by Crippen LogP contribution is 2.13. The molecule has 1 atom stereocenters. The molecule has 4 N–H and O–H groups in total. The van der Waals surface area contributed by atoms with Crippen molar-refractivity contribution in [3.05, 3.63) is 29.8 Å². The largest absolute Gasteiger partial charge is 0.480 e. The standard InChI is InChI=1S/C10H13FN2O6S2/c11-21(18,19)8-3-1-7(2-4-8)5-13-20(16,17)6-9(12)10(14)15/h1-4,9,13H,5-6,12H2,(H,14,15)/t9-/m0/s1. The SMILES string of the molecule is N[C@@H](CS(=O)(=O)NCc1ccc(S(=O)(=O)F)cc1)C(=O)O. The van der Waals surface area contributed by atoms with Gasteiger partial charge >= 0.3 is 16.2 Å². The molecule has 1 aromatic rings. The third-order valence-electron chi connectivity index (χ3n) is 2.42. The van der Waals surface area contributed by atoms with E-state index in [1.54, 1.807) is 0 Å². The summed E-state index contributed by atoms with van der Waals surface area (Å²) < 4.78 is 59.0. The number of hydrogen-bond donors (Lipinski definition) is 3. The second kappa shape index (κ2) is 6.47. The molecule has 1 rings (SSSR count). The molecule has 0 aliphatic carbocycles. The van der Waals surface area contributed by atoms with Gasteiger partial charge < -0.3 is 10.8 Å². The fourth-order valence-electron chi connectivity index (χ4n) is 1.33. The van der Waals surface area contributed by atoms with Crippen LogP contribution in [0.1, 0.15) is 5.56 Å². The molecule has 21 heavy (non-hydrogen) atoms. The lowest BCUT2D eigenvalue weighted by molar-refractivity contribution is -0.137. The Morgan fingerprint density at radius 3 is 2.19 bits per heavy atom. The van der Waals surface area contributed by atoms with Crippen LogP contribution in [0.15, 0.2) is 29.2 Å². The first-order valence-corrected chi connectivity index (χ1v) is 8.54. The Hall–Kier alpha value is -1.56. The van der Waals surface area contributed by atoms with E-state index in [-0.39, 0.29) is 6.54 Å². The maximum absolute atomic E-state index is 12.6. The summed E-state index contributed by atoms with van der Waals surface area (Å²) in [5.74, 6) is -2.24. The van der Waals surface area contributed by atoms with Crippen molar-refractivity contribution in [2.75, 3.05) is 5.75 Å². The van der Waals surface area contributed by atoms with Crippen LogP contribution in [0.5, 0.6) is 0 Å². The predicted octanol–water partition coefficient (Wildman–Crippen LogP) is -0.824. The summed E-state index contributed by atoms with van der Waals surface area (Å²) >= 11 is 0. The summed E-state index contributed by atoms with van der Waals surface area (Å²) in [6.45, 7) is -0.207. The van der Waals surface area contributed by atoms with Gasteiger partial charge in [-0.05, 0) is 17.7 Å². The van der Waals surface area contributed by atoms with E-state index in [4.69, 9.17) is 10.8 Å². The number of halogens is 1. The van der Waals surface area contributed by atoms with E-state index in [0.29, 0.717) is 5.56 Å². The maximum Gasteiger partial charge on any atom is 0.332 e. The number of hydrogen-bond acceptors (Lipinski definition) is 6. The number of aliphatic carboxylic acids is 1. The van der Waals surface area contributed by atoms with Crippen LogP contribution < -0.4 is 10.5 Å². The van der Waals surface area contributed by atoms with Gasteiger partial charge in [0, 0.05) is 6.54 Å². The summed E-state index contributed by atoms with van der Waals surface area (Å²) in [4.78, 5) is 9.93. The molecule has 0 unspecified atom stereocenters. The zero-order valence-electron chi connectivity index (χ0n) is 10.6. The summed E-state index contributed by atoms with van der Waals surface area (Å²) in [6, 6.07) is 2.88. The molecule has 8 nitrogen and oxygen atoms in total. The van der Waals surface area contributed by atoms with Crippen molar-refractivity contribution < 1.29 is 30.6 Å². The van der Waals surface area contributed by atoms with Crippen LogP contribution >= 0.6 is 0 Å². The van der Waals surface area contributed by atoms with E-state index in [0.717, 1.165) is 12.1 Å². The first-order valence-electron chi connectivity index (χ1n) is 5.50. The number of carboxylic acids is 1. The maximum atomic E-state index is 12.6. The fraction of sp³-hybridized carbons (Fsp3) is 0.300. The lowest BCUT2D eigenvalue weighted by atomic mass is 10.2. The molecular weight excluding hydrogens is 327 g/mol. The van der Waals surface area contributed by atoms with E-state index >= 15 is 0 Å². The smallest absolute Gasteiger partial charge is 0.332 e. The van der Waals surface area contributed by atoms with Crippen LogP contribution in [0.4, 0.5) is 3.89 Å². The van der Waals surface area contributed by atoms with Gasteiger partial charge in [-0.3, -0.25) is 4.79 Å². The highest BCUT2D eigenvalue weighted by Gasteiger charge is 2.21. The third kappa shape index (κ3) is 5.75. The van der Waals surface area contributed by atoms with E-state index in [1.807, 2.05) is 0 Å². The topological polar surface area (TPSA) is 144 Å². The van der Waals surface area contributed by atoms with Crippen molar-refractivity contribution >= 4 is 26.2 Å². The molecule has 0 fully saturated rings. The fourth-order valence-corrected chi connectivity index (χ4v) is 2.91. The van der Waals surface area contributed by atoms with Crippen LogP contribution in [-0.4, -0.2) is 39.7 Å². The van der Waals surface area contributed by atoms with Crippen LogP contribution in [-0.2, 0) is 31.6 Å². The van der Waals surface area contributed by atoms with E-state index < -0.39 is 42.9 Å². The van der Waals surface area contributed by atoms with Gasteiger partial charge in [-0.15, -0.1) is 3.89 Å². The summed E-state index contributed by atoms with van der Waals surface area (Å²) in [5, 5.41) is 8.53. The number of rotatable bonds is 7. The van der Waals surface area contributed by atoms with Crippen LogP contribution in [0.25, 0.3) is 0 Å². The molecule has 11 heteroatoms. The van der Waals surface area contributed by atoms with E-state index in [1.165, 1.54) is 12.1 Å². The summed E-state index contributed by atoms with van der Waals surface area (Å²) in [7, 11) is -8.72. The molecule has 0 aromatic heterocycles. The Bertz CT molecular complexity index is 714. The molecule has 0 saturated carbocycles. The van der Waals surface area contributed by atoms with Crippen molar-refractivity contribution in [3.63, 3.8) is 0 Å². The minimum Gasteiger partial charge on any atom is -0.480 e. The normalized spacial score (nSPS) is 13.8. The first-order chi connectivity index (χ1) is 9.51. The second-order valence-corrected chi connectivity index (χ2v) is 7.33. The summed E-state index contributed by atoms with van der Waals surface area (Å²) in [5.41, 5.74) is 5.48. The van der Waals surface area contributed by atoms with Gasteiger partial charge in [0.1, 0.15) is 6.04 Å². The van der Waals surface area contributed by atoms with Crippen LogP contribution in [0.3, 0.4) is 0 Å². The van der Waals surface area contributed by atoms with Crippen LogP contribution in [0.2, 0.25) is 0 Å². The highest BCUT2D eigenvalue weighted by atomic mass is 32.3. The molecule has 0 aliphatic heterocycles. The zero-order chi connectivity index (χ0) is 16.3. The van der Waals surface area contributed by atoms with Gasteiger partial charge in [0.05, 0.1) is 10.6 Å². The average molecular weight is 340 g/mol. The average Bonchev–Trinajstić information content (AvgIpc) is 2.35. The van der Waals surface area contributed by atoms with Crippen molar-refractivity contribution in [2.24, 2.45) is 5.73 Å². The number of benzene rings is 1. The van der Waals surface area contributed by atoms with Gasteiger partial charge in [0.2, 0.25) is 10.0 Å². The van der Waals surface area contributed by atoms with Crippen molar-refractivity contribution in [3.8, 4) is 0 Å². The van der Waals surface area contributed by atoms with Crippen LogP contribution in [0, 0.1) is 0 Å². The van der Waals surface area contributed by atoms with Gasteiger partial charge in [-0.25, -0.2) is 13.1 Å². The monoisotopic (exact) mass is 340 g/mol. The molecular formula is C10H13FN2O6S2. The summed E-state index contributed by atoms with van der Waals surface area (Å²) in [6.07, 6.45) is 0. The first kappa shape index (κ1) is 17.5. The predicted molar refractivity (Wildman–Crippen MR) is 71.0 cm³/mol. The Morgan fingerprint density at radius 2 is 1.76 bits per heavy atom. The molecule has 0 saturated heterocycles. The van der Waals surface area contributed by atoms with E-state index in [9.17, 15) is 25.5 Å². The minimum absolute atomic E-state index is 0.207. The van der Waals surface area contributed by atoms with Crippen molar-refractivity contribution in [1.82, 2.24) is 4.72 Å². The molecule has 118 valence electrons. The zero-order valence-corrected chi connectivity index (χ0v) is 12.2. The van der Waals surface area contributed by atoms with E-state index in [2.05, 4.69) is 4.72 Å². The second-order valence-electron chi connectivity index (χ2n) is 4.13. The Kier molecular flexibility index (Phi) is 5.39. The van der Waals surface area contributed by atoms with Crippen molar-refractivity contribution in [1.29, 1.82) is 0 Å². The Morgan fingerprint density at radius 1 is 1.24 bits per heavy atom. The molecule has 0 spiro atoms. The third-order valence-corrected chi connectivity index (χ3v) is 4.63. The molecule has 0 aliphatic rings. The lowest BCUT2D eigenvalue weighted by Crippen LogP contribution is -2.41. The highest BCUT2D eigenvalue weighted by molar-refractivity contribution is 7.89. The quantitative estimate of drug-likeness (QED) is 0.550. The van der Waals surface area contributed by atoms with Crippen molar-refractivity contribution in [2.45, 2.75) is 17.5 Å². The lowest BCUT2D eigenvalue weighted by Gasteiger charge is -2.09. The minimum atomic E-state index is -4.81.